The standard InChI is InChI=1S/C8H14N2.BrH/c9-5-7-1-2-8(6-10)4-3-7;/h7-8H,1-5,9H2;1H. The first kappa shape index (κ1) is 10.9. The molecule has 2 N–H and O–H groups in total. The van der Waals surface area contributed by atoms with E-state index in [-0.39, 0.29) is 17.0 Å². The molecule has 0 spiro atoms. The minimum absolute atomic E-state index is 0. The molecule has 0 radical (unpaired) electrons. The Morgan fingerprint density at radius 2 is 1.82 bits per heavy atom. The molecule has 1 fully saturated rings. The molecule has 0 atom stereocenters. The molecule has 1 aliphatic rings. The van der Waals surface area contributed by atoms with Gasteiger partial charge < -0.3 is 5.73 Å². The molecule has 2 nitrogen and oxygen atoms in total. The quantitative estimate of drug-likeness (QED) is 0.731. The Kier molecular flexibility index (Phi) is 5.53. The number of rotatable bonds is 1. The summed E-state index contributed by atoms with van der Waals surface area (Å²) in [5.41, 5.74) is 5.51. The van der Waals surface area contributed by atoms with Crippen LogP contribution in [-0.4, -0.2) is 6.54 Å². The topological polar surface area (TPSA) is 49.8 Å². The maximum absolute atomic E-state index is 8.57. The lowest BCUT2D eigenvalue weighted by atomic mass is 9.83. The predicted molar refractivity (Wildman–Crippen MR) is 50.4 cm³/mol. The molecular formula is C8H15BrN2. The van der Waals surface area contributed by atoms with E-state index in [1.807, 2.05) is 0 Å². The maximum atomic E-state index is 8.57. The number of halogens is 1. The van der Waals surface area contributed by atoms with Gasteiger partial charge in [-0.2, -0.15) is 5.26 Å². The van der Waals surface area contributed by atoms with Gasteiger partial charge >= 0.3 is 0 Å². The largest absolute Gasteiger partial charge is 0.330 e. The van der Waals surface area contributed by atoms with Gasteiger partial charge in [0.2, 0.25) is 0 Å². The van der Waals surface area contributed by atoms with Gasteiger partial charge in [-0.15, -0.1) is 17.0 Å². The molecule has 64 valence electrons. The van der Waals surface area contributed by atoms with Crippen molar-refractivity contribution in [2.24, 2.45) is 17.6 Å². The Hall–Kier alpha value is -0.0700. The molecule has 0 heterocycles. The van der Waals surface area contributed by atoms with Gasteiger partial charge in [0.15, 0.2) is 0 Å². The first-order valence-corrected chi connectivity index (χ1v) is 3.96. The zero-order valence-corrected chi connectivity index (χ0v) is 8.34. The third-order valence-electron chi connectivity index (χ3n) is 2.36. The maximum Gasteiger partial charge on any atom is 0.0655 e. The molecule has 0 saturated heterocycles. The van der Waals surface area contributed by atoms with Gasteiger partial charge in [-0.25, -0.2) is 0 Å². The van der Waals surface area contributed by atoms with Crippen LogP contribution in [0.3, 0.4) is 0 Å². The van der Waals surface area contributed by atoms with E-state index >= 15 is 0 Å². The lowest BCUT2D eigenvalue weighted by Crippen LogP contribution is -2.20. The molecule has 11 heavy (non-hydrogen) atoms. The third-order valence-corrected chi connectivity index (χ3v) is 2.36. The van der Waals surface area contributed by atoms with Crippen molar-refractivity contribution in [3.05, 3.63) is 0 Å². The summed E-state index contributed by atoms with van der Waals surface area (Å²) < 4.78 is 0. The van der Waals surface area contributed by atoms with E-state index in [9.17, 15) is 0 Å². The first-order chi connectivity index (χ1) is 4.86. The summed E-state index contributed by atoms with van der Waals surface area (Å²) in [6.07, 6.45) is 4.46. The van der Waals surface area contributed by atoms with Gasteiger partial charge in [0.25, 0.3) is 0 Å². The SMILES string of the molecule is Br.N#CC1CCC(CN)CC1. The van der Waals surface area contributed by atoms with Crippen LogP contribution in [-0.2, 0) is 0 Å². The van der Waals surface area contributed by atoms with Gasteiger partial charge in [0, 0.05) is 5.92 Å². The van der Waals surface area contributed by atoms with Crippen molar-refractivity contribution in [1.82, 2.24) is 0 Å². The Morgan fingerprint density at radius 1 is 1.27 bits per heavy atom. The summed E-state index contributed by atoms with van der Waals surface area (Å²) in [4.78, 5) is 0. The lowest BCUT2D eigenvalue weighted by Gasteiger charge is -2.22. The van der Waals surface area contributed by atoms with E-state index in [1.54, 1.807) is 0 Å². The lowest BCUT2D eigenvalue weighted by molar-refractivity contribution is 0.321. The molecule has 0 bridgehead atoms. The Morgan fingerprint density at radius 3 is 2.18 bits per heavy atom. The Labute approximate surface area is 78.5 Å². The summed E-state index contributed by atoms with van der Waals surface area (Å²) in [7, 11) is 0. The average Bonchev–Trinajstić information content (AvgIpc) is 2.05. The number of nitrogens with zero attached hydrogens (tertiary/aromatic N) is 1. The molecule has 1 rings (SSSR count). The average molecular weight is 219 g/mol. The summed E-state index contributed by atoms with van der Waals surface area (Å²) in [5.74, 6) is 1.02. The zero-order chi connectivity index (χ0) is 7.40. The van der Waals surface area contributed by atoms with Gasteiger partial charge in [-0.05, 0) is 38.1 Å². The second-order valence-electron chi connectivity index (χ2n) is 3.08. The van der Waals surface area contributed by atoms with Crippen molar-refractivity contribution >= 4 is 17.0 Å². The van der Waals surface area contributed by atoms with Gasteiger partial charge in [-0.3, -0.25) is 0 Å². The van der Waals surface area contributed by atoms with Gasteiger partial charge in [-0.1, -0.05) is 0 Å². The molecule has 0 aliphatic heterocycles. The smallest absolute Gasteiger partial charge is 0.0655 e. The van der Waals surface area contributed by atoms with Crippen molar-refractivity contribution in [3.63, 3.8) is 0 Å². The first-order valence-electron chi connectivity index (χ1n) is 3.96. The monoisotopic (exact) mass is 218 g/mol. The summed E-state index contributed by atoms with van der Waals surface area (Å²) in [6, 6.07) is 2.31. The van der Waals surface area contributed by atoms with E-state index in [0.29, 0.717) is 11.8 Å². The van der Waals surface area contributed by atoms with E-state index in [0.717, 1.165) is 32.2 Å². The molecule has 0 aromatic rings. The molecule has 1 aliphatic carbocycles. The van der Waals surface area contributed by atoms with E-state index in [2.05, 4.69) is 6.07 Å². The highest BCUT2D eigenvalue weighted by Gasteiger charge is 2.18. The van der Waals surface area contributed by atoms with Crippen molar-refractivity contribution in [1.29, 1.82) is 5.26 Å². The van der Waals surface area contributed by atoms with Crippen molar-refractivity contribution in [3.8, 4) is 6.07 Å². The second-order valence-corrected chi connectivity index (χ2v) is 3.08. The van der Waals surface area contributed by atoms with E-state index in [1.165, 1.54) is 0 Å². The fraction of sp³-hybridized carbons (Fsp3) is 0.875. The highest BCUT2D eigenvalue weighted by molar-refractivity contribution is 8.93. The van der Waals surface area contributed by atoms with Crippen LogP contribution in [0, 0.1) is 23.2 Å². The molecule has 0 unspecified atom stereocenters. The summed E-state index contributed by atoms with van der Waals surface area (Å²) >= 11 is 0. The fourth-order valence-corrected chi connectivity index (χ4v) is 1.53. The van der Waals surface area contributed by atoms with Crippen molar-refractivity contribution in [2.75, 3.05) is 6.54 Å². The summed E-state index contributed by atoms with van der Waals surface area (Å²) in [5, 5.41) is 8.57. The van der Waals surface area contributed by atoms with Crippen LogP contribution in [0.25, 0.3) is 0 Å². The van der Waals surface area contributed by atoms with Crippen LogP contribution < -0.4 is 5.73 Å². The van der Waals surface area contributed by atoms with Crippen LogP contribution in [0.2, 0.25) is 0 Å². The normalized spacial score (nSPS) is 30.2. The Balaban J connectivity index is 0.000001000. The molecule has 1 saturated carbocycles. The van der Waals surface area contributed by atoms with Crippen LogP contribution in [0.15, 0.2) is 0 Å². The van der Waals surface area contributed by atoms with Crippen molar-refractivity contribution < 1.29 is 0 Å². The Bertz CT molecular complexity index is 134. The van der Waals surface area contributed by atoms with Crippen LogP contribution >= 0.6 is 17.0 Å². The minimum atomic E-state index is 0. The number of hydrogen-bond donors (Lipinski definition) is 1. The zero-order valence-electron chi connectivity index (χ0n) is 6.62. The molecule has 0 aromatic carbocycles. The third kappa shape index (κ3) is 3.22. The number of hydrogen-bond acceptors (Lipinski definition) is 2. The molecule has 3 heteroatoms. The predicted octanol–water partition coefficient (Wildman–Crippen LogP) is 1.85. The van der Waals surface area contributed by atoms with E-state index in [4.69, 9.17) is 11.0 Å². The number of nitriles is 1. The van der Waals surface area contributed by atoms with Crippen molar-refractivity contribution in [2.45, 2.75) is 25.7 Å². The highest BCUT2D eigenvalue weighted by Crippen LogP contribution is 2.27. The minimum Gasteiger partial charge on any atom is -0.330 e. The van der Waals surface area contributed by atoms with Crippen LogP contribution in [0.4, 0.5) is 0 Å². The second kappa shape index (κ2) is 5.56. The van der Waals surface area contributed by atoms with Gasteiger partial charge in [0.05, 0.1) is 6.07 Å². The van der Waals surface area contributed by atoms with E-state index < -0.39 is 0 Å². The van der Waals surface area contributed by atoms with Crippen LogP contribution in [0.5, 0.6) is 0 Å². The summed E-state index contributed by atoms with van der Waals surface area (Å²) in [6.45, 7) is 0.804. The van der Waals surface area contributed by atoms with Crippen LogP contribution in [0.1, 0.15) is 25.7 Å². The molecule has 0 aromatic heterocycles. The number of nitrogens with two attached hydrogens (primary N) is 1. The molecular weight excluding hydrogens is 204 g/mol. The fourth-order valence-electron chi connectivity index (χ4n) is 1.53. The highest BCUT2D eigenvalue weighted by atomic mass is 79.9. The molecule has 0 amide bonds. The van der Waals surface area contributed by atoms with Gasteiger partial charge in [0.1, 0.15) is 0 Å².